The van der Waals surface area contributed by atoms with Gasteiger partial charge in [0.25, 0.3) is 0 Å². The van der Waals surface area contributed by atoms with E-state index in [1.165, 1.54) is 52.4 Å². The zero-order valence-corrected chi connectivity index (χ0v) is 8.31. The lowest BCUT2D eigenvalue weighted by Gasteiger charge is -2.00. The summed E-state index contributed by atoms with van der Waals surface area (Å²) in [6, 6.07) is 0. The Labute approximate surface area is 75.9 Å². The summed E-state index contributed by atoms with van der Waals surface area (Å²) in [5.41, 5.74) is 0. The van der Waals surface area contributed by atoms with Gasteiger partial charge in [-0.05, 0) is 39.5 Å². The highest BCUT2D eigenvalue weighted by atomic mass is 16.1. The van der Waals surface area contributed by atoms with Crippen LogP contribution >= 0.6 is 0 Å². The third-order valence-electron chi connectivity index (χ3n) is 1.66. The van der Waals surface area contributed by atoms with Gasteiger partial charge in [0.2, 0.25) is 0 Å². The monoisotopic (exact) mass is 168 g/mol. The summed E-state index contributed by atoms with van der Waals surface area (Å²) in [5.74, 6) is 0.167. The van der Waals surface area contributed by atoms with Gasteiger partial charge >= 0.3 is 0 Å². The van der Waals surface area contributed by atoms with Gasteiger partial charge in [-0.1, -0.05) is 25.0 Å². The van der Waals surface area contributed by atoms with Crippen molar-refractivity contribution in [2.24, 2.45) is 0 Å². The molecule has 0 aromatic carbocycles. The molecule has 0 amide bonds. The molecule has 1 heteroatoms. The molecule has 0 unspecified atom stereocenters. The first kappa shape index (κ1) is 11.4. The van der Waals surface area contributed by atoms with Crippen LogP contribution in [0.4, 0.5) is 0 Å². The van der Waals surface area contributed by atoms with E-state index in [2.05, 4.69) is 12.2 Å². The molecule has 1 aliphatic rings. The van der Waals surface area contributed by atoms with E-state index in [9.17, 15) is 4.79 Å². The molecule has 0 saturated heterocycles. The maximum absolute atomic E-state index is 9.44. The highest BCUT2D eigenvalue weighted by Crippen LogP contribution is 2.09. The van der Waals surface area contributed by atoms with Crippen LogP contribution in [0.25, 0.3) is 0 Å². The predicted molar refractivity (Wildman–Crippen MR) is 53.2 cm³/mol. The van der Waals surface area contributed by atoms with E-state index >= 15 is 0 Å². The summed E-state index contributed by atoms with van der Waals surface area (Å²) in [6.07, 6.45) is 13.0. The summed E-state index contributed by atoms with van der Waals surface area (Å²) in [7, 11) is 0. The van der Waals surface area contributed by atoms with Gasteiger partial charge in [0.15, 0.2) is 0 Å². The molecule has 0 saturated carbocycles. The van der Waals surface area contributed by atoms with Gasteiger partial charge in [-0.15, -0.1) is 0 Å². The first-order valence-electron chi connectivity index (χ1n) is 4.85. The van der Waals surface area contributed by atoms with Gasteiger partial charge < -0.3 is 4.79 Å². The van der Waals surface area contributed by atoms with E-state index in [1.54, 1.807) is 0 Å². The molecule has 1 aliphatic carbocycles. The van der Waals surface area contributed by atoms with E-state index in [0.717, 1.165) is 0 Å². The minimum absolute atomic E-state index is 0.167. The third-order valence-corrected chi connectivity index (χ3v) is 1.66. The Morgan fingerprint density at radius 3 is 1.58 bits per heavy atom. The summed E-state index contributed by atoms with van der Waals surface area (Å²) >= 11 is 0. The molecule has 0 aromatic heterocycles. The van der Waals surface area contributed by atoms with Crippen molar-refractivity contribution in [1.82, 2.24) is 0 Å². The molecule has 0 spiro atoms. The lowest BCUT2D eigenvalue weighted by Crippen LogP contribution is -1.80. The van der Waals surface area contributed by atoms with Crippen molar-refractivity contribution in [2.45, 2.75) is 52.4 Å². The zero-order chi connectivity index (χ0) is 9.23. The van der Waals surface area contributed by atoms with Crippen LogP contribution < -0.4 is 0 Å². The third kappa shape index (κ3) is 12.1. The largest absolute Gasteiger partial charge is 0.300 e. The number of hydrogen-bond donors (Lipinski definition) is 0. The molecular weight excluding hydrogens is 148 g/mol. The molecule has 0 bridgehead atoms. The summed E-state index contributed by atoms with van der Waals surface area (Å²) in [4.78, 5) is 9.44. The van der Waals surface area contributed by atoms with Crippen molar-refractivity contribution in [2.75, 3.05) is 0 Å². The molecule has 0 fully saturated rings. The number of rotatable bonds is 0. The quantitative estimate of drug-likeness (QED) is 0.506. The smallest absolute Gasteiger partial charge is 0.126 e. The van der Waals surface area contributed by atoms with E-state index in [1.807, 2.05) is 0 Å². The van der Waals surface area contributed by atoms with Crippen molar-refractivity contribution >= 4 is 5.78 Å². The van der Waals surface area contributed by atoms with Crippen LogP contribution in [-0.2, 0) is 4.79 Å². The lowest BCUT2D eigenvalue weighted by atomic mass is 10.1. The predicted octanol–water partition coefficient (Wildman–Crippen LogP) is 3.49. The van der Waals surface area contributed by atoms with Crippen LogP contribution in [0.1, 0.15) is 52.4 Å². The standard InChI is InChI=1S/C8H14.C3H6O/c1-2-4-6-8-7-5-3-1;1-3(2)4/h1-2H,3-8H2;1-2H3. The first-order chi connectivity index (χ1) is 5.73. The molecule has 70 valence electrons. The first-order valence-corrected chi connectivity index (χ1v) is 4.85. The number of ketones is 1. The van der Waals surface area contributed by atoms with Gasteiger partial charge in [-0.3, -0.25) is 0 Å². The Morgan fingerprint density at radius 1 is 0.917 bits per heavy atom. The number of Topliss-reactive ketones (excluding diaryl/α,β-unsaturated/α-hetero) is 1. The Kier molecular flexibility index (Phi) is 8.09. The van der Waals surface area contributed by atoms with Gasteiger partial charge in [0.05, 0.1) is 0 Å². The normalized spacial score (nSPS) is 16.8. The van der Waals surface area contributed by atoms with Crippen molar-refractivity contribution in [1.29, 1.82) is 0 Å². The molecular formula is C11H20O. The van der Waals surface area contributed by atoms with Crippen LogP contribution in [0.2, 0.25) is 0 Å². The second-order valence-electron chi connectivity index (χ2n) is 3.37. The van der Waals surface area contributed by atoms with Gasteiger partial charge in [-0.25, -0.2) is 0 Å². The second-order valence-corrected chi connectivity index (χ2v) is 3.37. The fourth-order valence-electron chi connectivity index (χ4n) is 1.11. The highest BCUT2D eigenvalue weighted by Gasteiger charge is 1.89. The molecule has 12 heavy (non-hydrogen) atoms. The summed E-state index contributed by atoms with van der Waals surface area (Å²) in [6.45, 7) is 3.06. The Balaban J connectivity index is 0.000000261. The number of hydrogen-bond acceptors (Lipinski definition) is 1. The van der Waals surface area contributed by atoms with Crippen LogP contribution in [0, 0.1) is 0 Å². The fourth-order valence-corrected chi connectivity index (χ4v) is 1.11. The minimum atomic E-state index is 0.167. The van der Waals surface area contributed by atoms with Crippen LogP contribution in [0.3, 0.4) is 0 Å². The topological polar surface area (TPSA) is 17.1 Å². The summed E-state index contributed by atoms with van der Waals surface area (Å²) < 4.78 is 0. The number of carbonyl (C=O) groups excluding carboxylic acids is 1. The number of carbonyl (C=O) groups is 1. The molecule has 0 heterocycles. The maximum Gasteiger partial charge on any atom is 0.126 e. The van der Waals surface area contributed by atoms with E-state index in [-0.39, 0.29) is 5.78 Å². The van der Waals surface area contributed by atoms with Gasteiger partial charge in [0.1, 0.15) is 5.78 Å². The van der Waals surface area contributed by atoms with E-state index in [0.29, 0.717) is 0 Å². The highest BCUT2D eigenvalue weighted by molar-refractivity contribution is 5.72. The van der Waals surface area contributed by atoms with Crippen molar-refractivity contribution < 1.29 is 4.79 Å². The van der Waals surface area contributed by atoms with E-state index in [4.69, 9.17) is 0 Å². The Hall–Kier alpha value is -0.590. The lowest BCUT2D eigenvalue weighted by molar-refractivity contribution is -0.114. The minimum Gasteiger partial charge on any atom is -0.300 e. The van der Waals surface area contributed by atoms with Crippen LogP contribution in [0.5, 0.6) is 0 Å². The van der Waals surface area contributed by atoms with Crippen molar-refractivity contribution in [3.05, 3.63) is 12.2 Å². The van der Waals surface area contributed by atoms with Crippen LogP contribution in [-0.4, -0.2) is 5.78 Å². The molecule has 0 atom stereocenters. The van der Waals surface area contributed by atoms with E-state index < -0.39 is 0 Å². The van der Waals surface area contributed by atoms with Crippen molar-refractivity contribution in [3.63, 3.8) is 0 Å². The van der Waals surface area contributed by atoms with Crippen LogP contribution in [0.15, 0.2) is 12.2 Å². The Morgan fingerprint density at radius 2 is 1.25 bits per heavy atom. The maximum atomic E-state index is 9.44. The number of allylic oxidation sites excluding steroid dienone is 2. The molecule has 1 rings (SSSR count). The Bertz CT molecular complexity index is 122. The second kappa shape index (κ2) is 8.51. The fraction of sp³-hybridized carbons (Fsp3) is 0.727. The molecule has 0 aliphatic heterocycles. The molecule has 1 nitrogen and oxygen atoms in total. The molecule has 0 radical (unpaired) electrons. The van der Waals surface area contributed by atoms with Gasteiger partial charge in [-0.2, -0.15) is 0 Å². The molecule has 0 N–H and O–H groups in total. The van der Waals surface area contributed by atoms with Crippen molar-refractivity contribution in [3.8, 4) is 0 Å². The van der Waals surface area contributed by atoms with Gasteiger partial charge in [0, 0.05) is 0 Å². The average Bonchev–Trinajstić information content (AvgIpc) is 1.82. The summed E-state index contributed by atoms with van der Waals surface area (Å²) in [5, 5.41) is 0. The molecule has 0 aromatic rings. The SMILES string of the molecule is C1=CCCCCCC1.CC(C)=O. The average molecular weight is 168 g/mol. The zero-order valence-electron chi connectivity index (χ0n) is 8.31.